The van der Waals surface area contributed by atoms with Gasteiger partial charge in [-0.15, -0.1) is 17.7 Å². The van der Waals surface area contributed by atoms with E-state index in [0.29, 0.717) is 5.75 Å². The van der Waals surface area contributed by atoms with Gasteiger partial charge in [-0.2, -0.15) is 4.31 Å². The second-order valence-corrected chi connectivity index (χ2v) is 13.5. The molecule has 1 aliphatic heterocycles. The SMILES string of the molecule is CC#CCOc1ccc(S(=O)(=O)N2C[C@H](C(NC(=O)O)C(C)(C)C)SC(C)(C)[C@@H]2C(=O)NO)cc1. The van der Waals surface area contributed by atoms with Gasteiger partial charge in [-0.3, -0.25) is 10.0 Å². The van der Waals surface area contributed by atoms with Gasteiger partial charge in [-0.25, -0.2) is 18.7 Å². The number of hydrogen-bond acceptors (Lipinski definition) is 7. The molecule has 35 heavy (non-hydrogen) atoms. The Hall–Kier alpha value is -2.46. The molecule has 0 aliphatic carbocycles. The molecule has 0 spiro atoms. The van der Waals surface area contributed by atoms with Crippen molar-refractivity contribution in [1.29, 1.82) is 0 Å². The van der Waals surface area contributed by atoms with E-state index in [1.165, 1.54) is 36.0 Å². The van der Waals surface area contributed by atoms with Crippen LogP contribution in [-0.4, -0.2) is 70.3 Å². The highest BCUT2D eigenvalue weighted by Gasteiger charge is 2.53. The van der Waals surface area contributed by atoms with Crippen LogP contribution >= 0.6 is 11.8 Å². The van der Waals surface area contributed by atoms with Crippen LogP contribution in [0.25, 0.3) is 0 Å². The van der Waals surface area contributed by atoms with Crippen LogP contribution in [0.4, 0.5) is 4.79 Å². The van der Waals surface area contributed by atoms with Gasteiger partial charge in [0, 0.05) is 16.5 Å². The van der Waals surface area contributed by atoms with Gasteiger partial charge >= 0.3 is 6.09 Å². The number of carbonyl (C=O) groups excluding carboxylic acids is 1. The van der Waals surface area contributed by atoms with Crippen LogP contribution < -0.4 is 15.5 Å². The van der Waals surface area contributed by atoms with E-state index in [2.05, 4.69) is 17.2 Å². The predicted octanol–water partition coefficient (Wildman–Crippen LogP) is 2.53. The van der Waals surface area contributed by atoms with Crippen molar-refractivity contribution in [3.8, 4) is 17.6 Å². The molecule has 1 fully saturated rings. The number of carboxylic acid groups (broad SMARTS) is 1. The summed E-state index contributed by atoms with van der Waals surface area (Å²) >= 11 is 1.31. The Bertz CT molecular complexity index is 1090. The molecule has 1 unspecified atom stereocenters. The van der Waals surface area contributed by atoms with Crippen molar-refractivity contribution in [2.45, 2.75) is 68.5 Å². The molecule has 1 aromatic carbocycles. The number of rotatable bonds is 7. The van der Waals surface area contributed by atoms with Crippen molar-refractivity contribution in [3.05, 3.63) is 24.3 Å². The molecule has 12 heteroatoms. The zero-order chi connectivity index (χ0) is 26.6. The van der Waals surface area contributed by atoms with E-state index >= 15 is 0 Å². The van der Waals surface area contributed by atoms with E-state index in [1.54, 1.807) is 26.3 Å². The first-order valence-corrected chi connectivity index (χ1v) is 13.2. The van der Waals surface area contributed by atoms with Crippen LogP contribution in [0.2, 0.25) is 0 Å². The number of nitrogens with zero attached hydrogens (tertiary/aromatic N) is 1. The Balaban J connectivity index is 2.53. The highest BCUT2D eigenvalue weighted by Crippen LogP contribution is 2.45. The summed E-state index contributed by atoms with van der Waals surface area (Å²) in [5, 5.41) is 20.8. The molecule has 1 heterocycles. The van der Waals surface area contributed by atoms with Crippen molar-refractivity contribution < 1.29 is 33.1 Å². The quantitative estimate of drug-likeness (QED) is 0.240. The lowest BCUT2D eigenvalue weighted by atomic mass is 9.84. The third kappa shape index (κ3) is 6.82. The molecule has 4 N–H and O–H groups in total. The summed E-state index contributed by atoms with van der Waals surface area (Å²) in [6, 6.07) is 3.86. The number of hydroxylamine groups is 1. The maximum Gasteiger partial charge on any atom is 0.404 e. The number of hydrogen-bond donors (Lipinski definition) is 4. The number of sulfonamides is 1. The fourth-order valence-electron chi connectivity index (χ4n) is 4.07. The average Bonchev–Trinajstić information content (AvgIpc) is 2.75. The Kier molecular flexibility index (Phi) is 9.10. The van der Waals surface area contributed by atoms with Crippen LogP contribution in [0.15, 0.2) is 29.2 Å². The van der Waals surface area contributed by atoms with E-state index < -0.39 is 49.5 Å². The minimum absolute atomic E-state index is 0.0675. The summed E-state index contributed by atoms with van der Waals surface area (Å²) < 4.78 is 33.0. The number of nitrogens with one attached hydrogen (secondary N) is 2. The second kappa shape index (κ2) is 11.1. The number of amides is 2. The maximum atomic E-state index is 13.8. The highest BCUT2D eigenvalue weighted by molar-refractivity contribution is 8.01. The van der Waals surface area contributed by atoms with Gasteiger partial charge < -0.3 is 15.2 Å². The zero-order valence-electron chi connectivity index (χ0n) is 20.7. The van der Waals surface area contributed by atoms with E-state index in [9.17, 15) is 28.3 Å². The van der Waals surface area contributed by atoms with Crippen LogP contribution in [0.5, 0.6) is 5.75 Å². The lowest BCUT2D eigenvalue weighted by Gasteiger charge is -2.50. The van der Waals surface area contributed by atoms with Crippen molar-refractivity contribution in [3.63, 3.8) is 0 Å². The highest BCUT2D eigenvalue weighted by atomic mass is 32.2. The molecule has 0 aromatic heterocycles. The van der Waals surface area contributed by atoms with Gasteiger partial charge in [0.15, 0.2) is 0 Å². The van der Waals surface area contributed by atoms with Crippen molar-refractivity contribution in [2.24, 2.45) is 5.41 Å². The lowest BCUT2D eigenvalue weighted by Crippen LogP contribution is -2.66. The molecule has 1 aliphatic rings. The normalized spacial score (nSPS) is 21.2. The molecule has 0 saturated carbocycles. The Morgan fingerprint density at radius 1 is 1.29 bits per heavy atom. The summed E-state index contributed by atoms with van der Waals surface area (Å²) in [5.74, 6) is 5.01. The van der Waals surface area contributed by atoms with Gasteiger partial charge in [-0.05, 0) is 50.5 Å². The fraction of sp³-hybridized carbons (Fsp3) is 0.565. The number of carbonyl (C=O) groups is 2. The third-order valence-electron chi connectivity index (χ3n) is 5.62. The van der Waals surface area contributed by atoms with Crippen molar-refractivity contribution >= 4 is 33.8 Å². The zero-order valence-corrected chi connectivity index (χ0v) is 22.3. The maximum absolute atomic E-state index is 13.8. The minimum Gasteiger partial charge on any atom is -0.481 e. The second-order valence-electron chi connectivity index (χ2n) is 9.69. The minimum atomic E-state index is -4.23. The first-order valence-electron chi connectivity index (χ1n) is 10.9. The first-order chi connectivity index (χ1) is 16.1. The smallest absolute Gasteiger partial charge is 0.404 e. The van der Waals surface area contributed by atoms with Crippen LogP contribution in [0, 0.1) is 17.3 Å². The van der Waals surface area contributed by atoms with Crippen LogP contribution in [0.3, 0.4) is 0 Å². The summed E-state index contributed by atoms with van der Waals surface area (Å²) in [7, 11) is -4.23. The van der Waals surface area contributed by atoms with Gasteiger partial charge in [-0.1, -0.05) is 26.7 Å². The molecule has 3 atom stereocenters. The molecular formula is C23H33N3O7S2. The van der Waals surface area contributed by atoms with Gasteiger partial charge in [0.05, 0.1) is 10.9 Å². The number of thioether (sulfide) groups is 1. The summed E-state index contributed by atoms with van der Waals surface area (Å²) in [4.78, 5) is 24.2. The van der Waals surface area contributed by atoms with Crippen LogP contribution in [0.1, 0.15) is 41.5 Å². The van der Waals surface area contributed by atoms with Gasteiger partial charge in [0.25, 0.3) is 5.91 Å². The number of ether oxygens (including phenoxy) is 1. The largest absolute Gasteiger partial charge is 0.481 e. The van der Waals surface area contributed by atoms with E-state index in [0.717, 1.165) is 4.31 Å². The lowest BCUT2D eigenvalue weighted by molar-refractivity contribution is -0.134. The monoisotopic (exact) mass is 527 g/mol. The average molecular weight is 528 g/mol. The Morgan fingerprint density at radius 2 is 1.89 bits per heavy atom. The van der Waals surface area contributed by atoms with Gasteiger partial charge in [0.1, 0.15) is 18.4 Å². The number of benzene rings is 1. The van der Waals surface area contributed by atoms with Crippen molar-refractivity contribution in [2.75, 3.05) is 13.2 Å². The summed E-state index contributed by atoms with van der Waals surface area (Å²) in [5.41, 5.74) is 1.04. The first kappa shape index (κ1) is 28.8. The Labute approximate surface area is 210 Å². The van der Waals surface area contributed by atoms with E-state index in [-0.39, 0.29) is 18.0 Å². The molecule has 1 saturated heterocycles. The predicted molar refractivity (Wildman–Crippen MR) is 133 cm³/mol. The third-order valence-corrected chi connectivity index (χ3v) is 9.02. The molecule has 1 aromatic rings. The molecular weight excluding hydrogens is 494 g/mol. The molecule has 194 valence electrons. The molecule has 2 rings (SSSR count). The fourth-order valence-corrected chi connectivity index (χ4v) is 7.97. The molecule has 10 nitrogen and oxygen atoms in total. The van der Waals surface area contributed by atoms with Gasteiger partial charge in [0.2, 0.25) is 10.0 Å². The standard InChI is InChI=1S/C23H33N3O7S2/c1-7-8-13-33-15-9-11-16(12-10-15)35(31,32)26-14-17(18(22(2,3)4)24-21(28)29)34-23(5,6)19(26)20(27)25-30/h9-12,17-19,24,30H,13-14H2,1-6H3,(H,25,27)(H,28,29)/t17-,18?,19+/m1/s1. The van der Waals surface area contributed by atoms with E-state index in [4.69, 9.17) is 4.74 Å². The molecule has 2 amide bonds. The summed E-state index contributed by atoms with van der Waals surface area (Å²) in [6.07, 6.45) is -1.23. The summed E-state index contributed by atoms with van der Waals surface area (Å²) in [6.45, 7) is 10.6. The van der Waals surface area contributed by atoms with E-state index in [1.807, 2.05) is 20.8 Å². The molecule has 0 radical (unpaired) electrons. The van der Waals surface area contributed by atoms with Crippen LogP contribution in [-0.2, 0) is 14.8 Å². The Morgan fingerprint density at radius 3 is 2.37 bits per heavy atom. The van der Waals surface area contributed by atoms with Crippen molar-refractivity contribution in [1.82, 2.24) is 15.1 Å². The molecule has 0 bridgehead atoms. The topological polar surface area (TPSA) is 145 Å².